The van der Waals surface area contributed by atoms with Crippen LogP contribution in [0.25, 0.3) is 33.6 Å². The molecule has 0 unspecified atom stereocenters. The molecule has 0 spiro atoms. The van der Waals surface area contributed by atoms with Gasteiger partial charge in [0.15, 0.2) is 5.78 Å². The van der Waals surface area contributed by atoms with Crippen molar-refractivity contribution in [1.82, 2.24) is 19.6 Å². The Kier molecular flexibility index (Phi) is 22.5. The van der Waals surface area contributed by atoms with E-state index in [1.807, 2.05) is 46.3 Å². The molecule has 0 bridgehead atoms. The summed E-state index contributed by atoms with van der Waals surface area (Å²) in [7, 11) is 3.34. The number of aromatic nitrogens is 4. The van der Waals surface area contributed by atoms with E-state index >= 15 is 0 Å². The van der Waals surface area contributed by atoms with E-state index in [1.54, 1.807) is 32.4 Å². The summed E-state index contributed by atoms with van der Waals surface area (Å²) in [6, 6.07) is 24.3. The van der Waals surface area contributed by atoms with E-state index < -0.39 is 114 Å². The molecule has 3 aliphatic rings. The van der Waals surface area contributed by atoms with Crippen molar-refractivity contribution in [3.05, 3.63) is 189 Å². The Bertz CT molecular complexity index is 4190. The summed E-state index contributed by atoms with van der Waals surface area (Å²) >= 11 is 33.4. The number of carbonyl (C=O) groups is 1. The summed E-state index contributed by atoms with van der Waals surface area (Å²) in [5.74, 6) is 2.20. The van der Waals surface area contributed by atoms with Crippen molar-refractivity contribution in [2.75, 3.05) is 14.2 Å². The monoisotopic (exact) mass is 1590 g/mol. The fourth-order valence-corrected chi connectivity index (χ4v) is 53.6. The van der Waals surface area contributed by atoms with Crippen molar-refractivity contribution in [2.45, 2.75) is 101 Å². The van der Waals surface area contributed by atoms with Crippen molar-refractivity contribution >= 4 is 111 Å². The highest BCUT2D eigenvalue weighted by atomic mass is 35.5. The maximum absolute atomic E-state index is 14.6. The summed E-state index contributed by atoms with van der Waals surface area (Å²) in [5.41, 5.74) is -21.7. The van der Waals surface area contributed by atoms with E-state index in [4.69, 9.17) is 68.5 Å². The average molecular weight is 1590 g/mol. The lowest BCUT2D eigenvalue weighted by Crippen LogP contribution is -2.50. The normalized spacial score (nSPS) is 17.7. The van der Waals surface area contributed by atoms with E-state index in [2.05, 4.69) is 34.5 Å². The van der Waals surface area contributed by atoms with Gasteiger partial charge in [-0.25, -0.2) is 18.1 Å². The number of methoxy groups -OCH3 is 2. The first-order chi connectivity index (χ1) is 46.2. The van der Waals surface area contributed by atoms with Crippen LogP contribution >= 0.6 is 66.3 Å². The number of ether oxygens (including phenoxy) is 2. The number of thiocarbonyl (C=S) groups is 1. The number of nitrogens with zero attached hydrogens (tertiary/aromatic N) is 4. The third kappa shape index (κ3) is 16.4. The fraction of sp³-hybridized carbons (Fsp3) is 0.312. The van der Waals surface area contributed by atoms with Gasteiger partial charge in [0.1, 0.15) is 11.5 Å². The van der Waals surface area contributed by atoms with E-state index in [0.29, 0.717) is 48.3 Å². The third-order valence-electron chi connectivity index (χ3n) is 15.9. The molecule has 2 aliphatic carbocycles. The van der Waals surface area contributed by atoms with Crippen LogP contribution in [0.1, 0.15) is 87.8 Å². The smallest absolute Gasteiger partial charge is 0.435 e. The molecule has 536 valence electrons. The Morgan fingerprint density at radius 2 is 0.840 bits per heavy atom. The zero-order valence-corrected chi connectivity index (χ0v) is 58.7. The zero-order valence-electron chi connectivity index (χ0n) is 51.4. The lowest BCUT2D eigenvalue weighted by molar-refractivity contribution is -0.349. The van der Waals surface area contributed by atoms with Crippen molar-refractivity contribution < 1.29 is 102 Å². The highest BCUT2D eigenvalue weighted by Crippen LogP contribution is 3.04. The number of Topliss-reactive ketones (excluding diaryl/α,β-unsaturated/α-hetero) is 1. The van der Waals surface area contributed by atoms with E-state index in [-0.39, 0.29) is 52.0 Å². The van der Waals surface area contributed by atoms with Crippen LogP contribution in [0.5, 0.6) is 11.5 Å². The Morgan fingerprint density at radius 3 is 1.17 bits per heavy atom. The Morgan fingerprint density at radius 1 is 0.500 bits per heavy atom. The Balaban J connectivity index is 0.000000182. The summed E-state index contributed by atoms with van der Waals surface area (Å²) in [6.45, 7) is 1.64. The summed E-state index contributed by atoms with van der Waals surface area (Å²) in [5, 5.41) is 10.6. The van der Waals surface area contributed by atoms with Crippen LogP contribution in [-0.2, 0) is 47.3 Å². The lowest BCUT2D eigenvalue weighted by atomic mass is 9.90. The first-order valence-electron chi connectivity index (χ1n) is 29.0. The maximum Gasteiger partial charge on any atom is 0.435 e. The number of benzene rings is 6. The number of rotatable bonds is 16. The van der Waals surface area contributed by atoms with E-state index in [0.717, 1.165) is 75.8 Å². The summed E-state index contributed by atoms with van der Waals surface area (Å²) in [4.78, 5) is 13.2. The Hall–Kier alpha value is -5.72. The second-order valence-corrected chi connectivity index (χ2v) is 45.7. The predicted octanol–water partition coefficient (Wildman–Crippen LogP) is 22.9. The molecule has 6 aromatic carbocycles. The van der Waals surface area contributed by atoms with Gasteiger partial charge in [0, 0.05) is 72.7 Å². The molecule has 0 N–H and O–H groups in total. The molecule has 7 nitrogen and oxygen atoms in total. The highest BCUT2D eigenvalue weighted by Gasteiger charge is 2.75. The number of hydrogen-bond acceptors (Lipinski definition) is 10. The van der Waals surface area contributed by atoms with E-state index in [1.165, 1.54) is 28.8 Å². The van der Waals surface area contributed by atoms with Gasteiger partial charge in [-0.05, 0) is 165 Å². The van der Waals surface area contributed by atoms with Gasteiger partial charge in [0.05, 0.1) is 63.0 Å². The number of aryl methyl sites for hydroxylation is 2. The van der Waals surface area contributed by atoms with Crippen LogP contribution in [0.15, 0.2) is 134 Å². The fourth-order valence-electron chi connectivity index (χ4n) is 10.4. The van der Waals surface area contributed by atoms with Crippen LogP contribution in [0.3, 0.4) is 0 Å². The molecular formula is C64H48Cl2F20N4O3P2S5. The van der Waals surface area contributed by atoms with Crippen LogP contribution in [0.2, 0.25) is 10.0 Å². The van der Waals surface area contributed by atoms with Crippen molar-refractivity contribution in [3.8, 4) is 45.1 Å². The molecule has 36 heteroatoms. The molecule has 3 heterocycles. The standard InChI is InChI=1S/C25H17ClF10N2O.C25H17ClF10N2S.C14H14O2P2S4/c2*1-12-6-16(22(27,24(31,32)33)25(34,35)36)9-18(23(28,29)30)21(12)38-11-15(10-37-38)14-4-5-19(26)17(8-14)20(39)7-13-2-3-13;1-15-11-3-7-13(8-4-11)17(19)21-18(20,22-17)14-9-5-12(16-2)6-10-14/h2*4-6,8-11,13H,2-3,7H2,1H3;3-10H,1-2H3. The highest BCUT2D eigenvalue weighted by molar-refractivity contribution is 9.48. The minimum atomic E-state index is -6.59. The quantitative estimate of drug-likeness (QED) is 0.0404. The number of hydrogen-bond donors (Lipinski definition) is 0. The molecule has 1 aliphatic heterocycles. The minimum absolute atomic E-state index is 0.0594. The van der Waals surface area contributed by atoms with Crippen molar-refractivity contribution in [2.24, 2.45) is 11.8 Å². The van der Waals surface area contributed by atoms with Gasteiger partial charge in [-0.2, -0.15) is 89.2 Å². The molecule has 0 radical (unpaired) electrons. The third-order valence-corrected chi connectivity index (χ3v) is 48.2. The zero-order chi connectivity index (χ0) is 74.1. The maximum atomic E-state index is 14.6. The van der Waals surface area contributed by atoms with Gasteiger partial charge >= 0.3 is 48.4 Å². The molecule has 8 aromatic rings. The largest absolute Gasteiger partial charge is 0.497 e. The molecular weight excluding hydrogens is 1550 g/mol. The predicted molar refractivity (Wildman–Crippen MR) is 357 cm³/mol. The topological polar surface area (TPSA) is 71.2 Å². The molecule has 2 saturated carbocycles. The average Bonchev–Trinajstić information content (AvgIpc) is 1.02. The molecule has 0 amide bonds. The Labute approximate surface area is 589 Å². The van der Waals surface area contributed by atoms with Crippen LogP contribution in [0.4, 0.5) is 87.8 Å². The summed E-state index contributed by atoms with van der Waals surface area (Å²) in [6.07, 6.45) is -28.0. The second-order valence-electron chi connectivity index (χ2n) is 23.1. The molecule has 11 rings (SSSR count). The first kappa shape index (κ1) is 78.4. The molecule has 3 fully saturated rings. The lowest BCUT2D eigenvalue weighted by Gasteiger charge is -2.40. The number of alkyl halides is 20. The van der Waals surface area contributed by atoms with Crippen LogP contribution in [-0.4, -0.2) is 69.1 Å². The first-order valence-corrected chi connectivity index (χ1v) is 39.8. The van der Waals surface area contributed by atoms with Gasteiger partial charge in [0.2, 0.25) is 0 Å². The molecule has 1 saturated heterocycles. The van der Waals surface area contributed by atoms with Gasteiger partial charge < -0.3 is 9.47 Å². The SMILES string of the molecule is COc1ccc(P2(=S)SP(=S)(c3ccc(OC)cc3)S2)cc1.Cc1cc(C(F)(C(F)(F)F)C(F)(F)F)cc(C(F)(F)F)c1-n1cc(-c2ccc(Cl)c(C(=O)CC3CC3)c2)cn1.Cc1cc(C(F)(C(F)(F)F)C(F)(F)F)cc(C(F)(F)F)c1-n1cc(-c2ccc(Cl)c(C(=S)CC3CC3)c2)cn1. The molecule has 2 aromatic heterocycles. The van der Waals surface area contributed by atoms with E-state index in [9.17, 15) is 92.6 Å². The molecule has 0 atom stereocenters. The number of halogens is 22. The van der Waals surface area contributed by atoms with Gasteiger partial charge in [-0.1, -0.05) is 105 Å². The summed E-state index contributed by atoms with van der Waals surface area (Å²) < 4.78 is 280. The van der Waals surface area contributed by atoms with Crippen LogP contribution < -0.4 is 20.1 Å². The van der Waals surface area contributed by atoms with Crippen molar-refractivity contribution in [3.63, 3.8) is 0 Å². The minimum Gasteiger partial charge on any atom is -0.497 e. The van der Waals surface area contributed by atoms with Gasteiger partial charge in [-0.3, -0.25) is 4.79 Å². The molecule has 100 heavy (non-hydrogen) atoms. The van der Waals surface area contributed by atoms with Gasteiger partial charge in [0.25, 0.3) is 0 Å². The van der Waals surface area contributed by atoms with Gasteiger partial charge in [-0.15, -0.1) is 0 Å². The van der Waals surface area contributed by atoms with Crippen molar-refractivity contribution in [1.29, 1.82) is 0 Å². The number of carbonyl (C=O) groups excluding carboxylic acids is 1. The van der Waals surface area contributed by atoms with Crippen LogP contribution in [0, 0.1) is 25.7 Å². The second kappa shape index (κ2) is 28.7. The number of ketones is 1.